The molecule has 2 aliphatic rings. The Kier molecular flexibility index (Phi) is 3.82. The lowest BCUT2D eigenvalue weighted by Gasteiger charge is -2.26. The Hall–Kier alpha value is -2.04. The number of carboxylic acids is 1. The van der Waals surface area contributed by atoms with Crippen LogP contribution in [0.15, 0.2) is 24.3 Å². The molecule has 0 unspecified atom stereocenters. The summed E-state index contributed by atoms with van der Waals surface area (Å²) < 4.78 is 5.75. The second-order valence-electron chi connectivity index (χ2n) is 5.69. The van der Waals surface area contributed by atoms with Gasteiger partial charge in [-0.3, -0.25) is 4.79 Å². The first-order chi connectivity index (χ1) is 10.1. The number of benzene rings is 1. The number of ether oxygens (including phenoxy) is 1. The van der Waals surface area contributed by atoms with E-state index in [0.29, 0.717) is 24.6 Å². The molecule has 112 valence electrons. The van der Waals surface area contributed by atoms with Crippen molar-refractivity contribution < 1.29 is 19.4 Å². The first-order valence-electron chi connectivity index (χ1n) is 7.45. The molecular weight excluding hydrogens is 270 g/mol. The van der Waals surface area contributed by atoms with E-state index >= 15 is 0 Å². The van der Waals surface area contributed by atoms with Crippen LogP contribution in [0.3, 0.4) is 0 Å². The molecule has 5 nitrogen and oxygen atoms in total. The normalized spacial score (nSPS) is 21.9. The van der Waals surface area contributed by atoms with Crippen LogP contribution in [0.4, 0.5) is 0 Å². The fourth-order valence-electron chi connectivity index (χ4n) is 2.79. The summed E-state index contributed by atoms with van der Waals surface area (Å²) in [6, 6.07) is 6.32. The largest absolute Gasteiger partial charge is 0.490 e. The summed E-state index contributed by atoms with van der Waals surface area (Å²) in [6.07, 6.45) is 4.98. The lowest BCUT2D eigenvalue weighted by Crippen LogP contribution is -2.40. The molecule has 0 spiro atoms. The van der Waals surface area contributed by atoms with Crippen LogP contribution in [0.25, 0.3) is 0 Å². The van der Waals surface area contributed by atoms with Crippen molar-refractivity contribution >= 4 is 11.9 Å². The molecule has 1 heterocycles. The Morgan fingerprint density at radius 3 is 2.38 bits per heavy atom. The van der Waals surface area contributed by atoms with Gasteiger partial charge in [0.05, 0.1) is 6.10 Å². The molecule has 1 N–H and O–H groups in total. The molecular formula is C16H19NO4. The van der Waals surface area contributed by atoms with Crippen molar-refractivity contribution in [3.63, 3.8) is 0 Å². The zero-order valence-corrected chi connectivity index (χ0v) is 11.8. The number of likely N-dealkylation sites (tertiary alicyclic amines) is 1. The molecule has 21 heavy (non-hydrogen) atoms. The van der Waals surface area contributed by atoms with Crippen LogP contribution in [0.2, 0.25) is 0 Å². The van der Waals surface area contributed by atoms with Crippen molar-refractivity contribution in [2.75, 3.05) is 6.54 Å². The number of nitrogens with zero attached hydrogens (tertiary/aromatic N) is 1. The molecule has 2 fully saturated rings. The summed E-state index contributed by atoms with van der Waals surface area (Å²) >= 11 is 0. The molecule has 0 aromatic heterocycles. The van der Waals surface area contributed by atoms with Gasteiger partial charge in [-0.05, 0) is 56.4 Å². The minimum atomic E-state index is -0.925. The Bertz CT molecular complexity index is 536. The fourth-order valence-corrected chi connectivity index (χ4v) is 2.79. The van der Waals surface area contributed by atoms with Crippen LogP contribution >= 0.6 is 0 Å². The van der Waals surface area contributed by atoms with Crippen LogP contribution in [-0.4, -0.2) is 40.6 Å². The zero-order chi connectivity index (χ0) is 14.8. The third kappa shape index (κ3) is 2.86. The highest BCUT2D eigenvalue weighted by Crippen LogP contribution is 2.26. The second kappa shape index (κ2) is 5.76. The Balaban J connectivity index is 1.68. The summed E-state index contributed by atoms with van der Waals surface area (Å²) in [5.41, 5.74) is 0.518. The van der Waals surface area contributed by atoms with Crippen molar-refractivity contribution in [3.05, 3.63) is 29.8 Å². The number of aliphatic carboxylic acids is 1. The van der Waals surface area contributed by atoms with E-state index in [2.05, 4.69) is 0 Å². The van der Waals surface area contributed by atoms with Gasteiger partial charge in [-0.2, -0.15) is 0 Å². The predicted molar refractivity (Wildman–Crippen MR) is 76.4 cm³/mol. The smallest absolute Gasteiger partial charge is 0.326 e. The maximum absolute atomic E-state index is 12.4. The minimum Gasteiger partial charge on any atom is -0.490 e. The number of carbonyl (C=O) groups is 2. The standard InChI is InChI=1S/C16H19NO4/c18-15(17-10-2-5-14(17)16(19)20)11-6-8-13(9-7-11)21-12-3-1-4-12/h6-9,12,14H,1-5,10H2,(H,19,20)/t14-/m0/s1. The third-order valence-electron chi connectivity index (χ3n) is 4.25. The number of carbonyl (C=O) groups excluding carboxylic acids is 1. The quantitative estimate of drug-likeness (QED) is 0.923. The average molecular weight is 289 g/mol. The highest BCUT2D eigenvalue weighted by molar-refractivity contribution is 5.97. The van der Waals surface area contributed by atoms with E-state index in [9.17, 15) is 9.59 Å². The van der Waals surface area contributed by atoms with E-state index in [1.54, 1.807) is 24.3 Å². The van der Waals surface area contributed by atoms with E-state index in [4.69, 9.17) is 9.84 Å². The Morgan fingerprint density at radius 2 is 1.81 bits per heavy atom. The van der Waals surface area contributed by atoms with E-state index in [-0.39, 0.29) is 5.91 Å². The molecule has 1 amide bonds. The van der Waals surface area contributed by atoms with Crippen molar-refractivity contribution in [1.82, 2.24) is 4.90 Å². The van der Waals surface area contributed by atoms with Crippen LogP contribution in [0.5, 0.6) is 5.75 Å². The molecule has 0 radical (unpaired) electrons. The SMILES string of the molecule is O=C(O)[C@@H]1CCCN1C(=O)c1ccc(OC2CCC2)cc1. The molecule has 0 bridgehead atoms. The molecule has 1 saturated heterocycles. The summed E-state index contributed by atoms with van der Waals surface area (Å²) in [7, 11) is 0. The minimum absolute atomic E-state index is 0.213. The first-order valence-corrected chi connectivity index (χ1v) is 7.45. The highest BCUT2D eigenvalue weighted by Gasteiger charge is 2.34. The van der Waals surface area contributed by atoms with Crippen molar-refractivity contribution in [3.8, 4) is 5.75 Å². The molecule has 1 aromatic carbocycles. The number of carboxylic acid groups (broad SMARTS) is 1. The van der Waals surface area contributed by atoms with Crippen LogP contribution in [0.1, 0.15) is 42.5 Å². The molecule has 1 atom stereocenters. The van der Waals surface area contributed by atoms with Gasteiger partial charge in [0.25, 0.3) is 5.91 Å². The number of rotatable bonds is 4. The van der Waals surface area contributed by atoms with Gasteiger partial charge in [0.1, 0.15) is 11.8 Å². The van der Waals surface area contributed by atoms with Gasteiger partial charge < -0.3 is 14.7 Å². The predicted octanol–water partition coefficient (Wildman–Crippen LogP) is 2.31. The van der Waals surface area contributed by atoms with Crippen molar-refractivity contribution in [2.45, 2.75) is 44.2 Å². The van der Waals surface area contributed by atoms with Gasteiger partial charge in [0, 0.05) is 12.1 Å². The van der Waals surface area contributed by atoms with Crippen molar-refractivity contribution in [2.24, 2.45) is 0 Å². The van der Waals surface area contributed by atoms with Gasteiger partial charge in [-0.25, -0.2) is 4.79 Å². The number of hydrogen-bond acceptors (Lipinski definition) is 3. The van der Waals surface area contributed by atoms with E-state index in [0.717, 1.165) is 25.0 Å². The topological polar surface area (TPSA) is 66.8 Å². The lowest BCUT2D eigenvalue weighted by atomic mass is 9.96. The van der Waals surface area contributed by atoms with E-state index < -0.39 is 12.0 Å². The average Bonchev–Trinajstić information content (AvgIpc) is 2.92. The van der Waals surface area contributed by atoms with Gasteiger partial charge in [-0.15, -0.1) is 0 Å². The molecule has 1 aromatic rings. The third-order valence-corrected chi connectivity index (χ3v) is 4.25. The van der Waals surface area contributed by atoms with Crippen molar-refractivity contribution in [1.29, 1.82) is 0 Å². The molecule has 5 heteroatoms. The van der Waals surface area contributed by atoms with Gasteiger partial charge in [0.2, 0.25) is 0 Å². The molecule has 3 rings (SSSR count). The summed E-state index contributed by atoms with van der Waals surface area (Å²) in [5, 5.41) is 9.14. The summed E-state index contributed by atoms with van der Waals surface area (Å²) in [6.45, 7) is 0.510. The summed E-state index contributed by atoms with van der Waals surface area (Å²) in [4.78, 5) is 25.0. The van der Waals surface area contributed by atoms with Crippen LogP contribution in [0, 0.1) is 0 Å². The Morgan fingerprint density at radius 1 is 1.10 bits per heavy atom. The highest BCUT2D eigenvalue weighted by atomic mass is 16.5. The Labute approximate surface area is 123 Å². The summed E-state index contributed by atoms with van der Waals surface area (Å²) in [5.74, 6) is -0.367. The van der Waals surface area contributed by atoms with E-state index in [1.165, 1.54) is 11.3 Å². The molecule has 1 saturated carbocycles. The van der Waals surface area contributed by atoms with Gasteiger partial charge in [0.15, 0.2) is 0 Å². The molecule has 1 aliphatic heterocycles. The number of amides is 1. The molecule has 1 aliphatic carbocycles. The van der Waals surface area contributed by atoms with Gasteiger partial charge >= 0.3 is 5.97 Å². The van der Waals surface area contributed by atoms with Gasteiger partial charge in [-0.1, -0.05) is 0 Å². The first kappa shape index (κ1) is 13.9. The lowest BCUT2D eigenvalue weighted by molar-refractivity contribution is -0.141. The zero-order valence-electron chi connectivity index (χ0n) is 11.8. The van der Waals surface area contributed by atoms with E-state index in [1.807, 2.05) is 0 Å². The van der Waals surface area contributed by atoms with Crippen LogP contribution < -0.4 is 4.74 Å². The number of hydrogen-bond donors (Lipinski definition) is 1. The monoisotopic (exact) mass is 289 g/mol. The van der Waals surface area contributed by atoms with Crippen LogP contribution in [-0.2, 0) is 4.79 Å². The maximum Gasteiger partial charge on any atom is 0.326 e. The fraction of sp³-hybridized carbons (Fsp3) is 0.500. The second-order valence-corrected chi connectivity index (χ2v) is 5.69. The maximum atomic E-state index is 12.4.